The molecule has 0 heterocycles. The van der Waals surface area contributed by atoms with E-state index in [-0.39, 0.29) is 29.5 Å². The van der Waals surface area contributed by atoms with E-state index in [4.69, 9.17) is 15.6 Å². The van der Waals surface area contributed by atoms with Crippen molar-refractivity contribution in [1.82, 2.24) is 0 Å². The van der Waals surface area contributed by atoms with Crippen molar-refractivity contribution < 1.29 is 23.0 Å². The molecule has 0 spiro atoms. The first-order valence-corrected chi connectivity index (χ1v) is 5.02. The molecule has 0 bridgehead atoms. The highest BCUT2D eigenvalue weighted by Gasteiger charge is 2.31. The molecule has 3 nitrogen and oxygen atoms in total. The van der Waals surface area contributed by atoms with E-state index >= 15 is 0 Å². The maximum Gasteiger partial charge on any atom is 0.416 e. The number of benzene rings is 1. The number of halogens is 3. The van der Waals surface area contributed by atoms with Gasteiger partial charge in [-0.15, -0.1) is 0 Å². The van der Waals surface area contributed by atoms with Gasteiger partial charge in [0.25, 0.3) is 0 Å². The number of rotatable bonds is 4. The van der Waals surface area contributed by atoms with Crippen LogP contribution in [0.3, 0.4) is 0 Å². The topological polar surface area (TPSA) is 55.5 Å². The van der Waals surface area contributed by atoms with Gasteiger partial charge in [0.05, 0.1) is 17.7 Å². The van der Waals surface area contributed by atoms with Crippen LogP contribution in [0.25, 0.3) is 0 Å². The zero-order valence-corrected chi connectivity index (χ0v) is 9.44. The lowest BCUT2D eigenvalue weighted by atomic mass is 10.1. The minimum absolute atomic E-state index is 0.00303. The van der Waals surface area contributed by atoms with E-state index in [1.807, 2.05) is 0 Å². The maximum atomic E-state index is 12.5. The van der Waals surface area contributed by atoms with Crippen LogP contribution >= 0.6 is 12.2 Å². The Labute approximate surface area is 101 Å². The van der Waals surface area contributed by atoms with Crippen molar-refractivity contribution in [1.29, 1.82) is 0 Å². The summed E-state index contributed by atoms with van der Waals surface area (Å²) in [5, 5.41) is 8.57. The van der Waals surface area contributed by atoms with Crippen LogP contribution in [0.5, 0.6) is 5.75 Å². The molecule has 0 saturated heterocycles. The normalized spacial score (nSPS) is 11.3. The van der Waals surface area contributed by atoms with Crippen molar-refractivity contribution in [2.45, 2.75) is 6.18 Å². The van der Waals surface area contributed by atoms with Crippen LogP contribution in [0.15, 0.2) is 18.2 Å². The van der Waals surface area contributed by atoms with Crippen LogP contribution in [0.1, 0.15) is 11.1 Å². The molecule has 3 N–H and O–H groups in total. The van der Waals surface area contributed by atoms with E-state index in [0.29, 0.717) is 0 Å². The molecule has 0 unspecified atom stereocenters. The Hall–Kier alpha value is -1.34. The molecule has 0 aliphatic heterocycles. The molecule has 0 atom stereocenters. The highest BCUT2D eigenvalue weighted by Crippen LogP contribution is 2.32. The minimum atomic E-state index is -4.46. The van der Waals surface area contributed by atoms with Gasteiger partial charge in [0.2, 0.25) is 0 Å². The summed E-state index contributed by atoms with van der Waals surface area (Å²) in [4.78, 5) is -0.191. The first kappa shape index (κ1) is 13.7. The van der Waals surface area contributed by atoms with Crippen molar-refractivity contribution >= 4 is 17.2 Å². The van der Waals surface area contributed by atoms with Crippen LogP contribution < -0.4 is 10.5 Å². The summed E-state index contributed by atoms with van der Waals surface area (Å²) in [6.45, 7) is -0.293. The molecule has 0 amide bonds. The summed E-state index contributed by atoms with van der Waals surface area (Å²) in [7, 11) is 0. The Kier molecular flexibility index (Phi) is 4.30. The lowest BCUT2D eigenvalue weighted by Crippen LogP contribution is -2.15. The summed E-state index contributed by atoms with van der Waals surface area (Å²) in [6.07, 6.45) is -4.46. The second-order valence-electron chi connectivity index (χ2n) is 3.15. The molecule has 0 aliphatic rings. The molecule has 7 heteroatoms. The number of thiocarbonyl (C=S) groups is 1. The molecule has 0 saturated carbocycles. The molecule has 1 rings (SSSR count). The molecule has 0 radical (unpaired) electrons. The molecule has 17 heavy (non-hydrogen) atoms. The van der Waals surface area contributed by atoms with E-state index in [1.165, 1.54) is 0 Å². The Morgan fingerprint density at radius 1 is 1.41 bits per heavy atom. The van der Waals surface area contributed by atoms with Gasteiger partial charge in [0, 0.05) is 0 Å². The molecule has 0 aromatic heterocycles. The van der Waals surface area contributed by atoms with Crippen molar-refractivity contribution in [3.63, 3.8) is 0 Å². The molecular formula is C10H10F3NO2S. The summed E-state index contributed by atoms with van der Waals surface area (Å²) in [5.74, 6) is 0.125. The van der Waals surface area contributed by atoms with Gasteiger partial charge in [-0.1, -0.05) is 12.2 Å². The van der Waals surface area contributed by atoms with Crippen LogP contribution in [0.2, 0.25) is 0 Å². The number of ether oxygens (including phenoxy) is 1. The molecule has 1 aromatic rings. The fourth-order valence-electron chi connectivity index (χ4n) is 1.18. The van der Waals surface area contributed by atoms with Gasteiger partial charge in [-0.3, -0.25) is 0 Å². The number of hydrogen-bond donors (Lipinski definition) is 2. The van der Waals surface area contributed by atoms with Gasteiger partial charge in [-0.2, -0.15) is 13.2 Å². The van der Waals surface area contributed by atoms with Gasteiger partial charge in [-0.25, -0.2) is 0 Å². The summed E-state index contributed by atoms with van der Waals surface area (Å²) in [6, 6.07) is 2.83. The lowest BCUT2D eigenvalue weighted by Gasteiger charge is -2.13. The van der Waals surface area contributed by atoms with Gasteiger partial charge in [0.15, 0.2) is 0 Å². The monoisotopic (exact) mass is 265 g/mol. The highest BCUT2D eigenvalue weighted by molar-refractivity contribution is 7.80. The summed E-state index contributed by atoms with van der Waals surface area (Å²) < 4.78 is 42.4. The SMILES string of the molecule is NC(=S)c1cc(C(F)(F)F)ccc1OCCO. The Morgan fingerprint density at radius 2 is 2.06 bits per heavy atom. The number of aliphatic hydroxyl groups excluding tert-OH is 1. The van der Waals surface area contributed by atoms with Crippen LogP contribution in [-0.2, 0) is 6.18 Å². The fourth-order valence-corrected chi connectivity index (χ4v) is 1.34. The number of alkyl halides is 3. The van der Waals surface area contributed by atoms with Gasteiger partial charge >= 0.3 is 6.18 Å². The first-order chi connectivity index (χ1) is 7.86. The molecular weight excluding hydrogens is 255 g/mol. The molecule has 0 fully saturated rings. The summed E-state index contributed by atoms with van der Waals surface area (Å²) in [5.41, 5.74) is 4.47. The first-order valence-electron chi connectivity index (χ1n) is 4.61. The number of nitrogens with two attached hydrogens (primary N) is 1. The lowest BCUT2D eigenvalue weighted by molar-refractivity contribution is -0.137. The molecule has 1 aromatic carbocycles. The van der Waals surface area contributed by atoms with E-state index in [0.717, 1.165) is 18.2 Å². The van der Waals surface area contributed by atoms with E-state index in [9.17, 15) is 13.2 Å². The van der Waals surface area contributed by atoms with Crippen molar-refractivity contribution in [3.05, 3.63) is 29.3 Å². The quantitative estimate of drug-likeness (QED) is 0.814. The third-order valence-corrected chi connectivity index (χ3v) is 2.14. The zero-order chi connectivity index (χ0) is 13.1. The summed E-state index contributed by atoms with van der Waals surface area (Å²) >= 11 is 4.65. The average molecular weight is 265 g/mol. The predicted molar refractivity (Wildman–Crippen MR) is 59.9 cm³/mol. The van der Waals surface area contributed by atoms with E-state index < -0.39 is 11.7 Å². The fraction of sp³-hybridized carbons (Fsp3) is 0.300. The van der Waals surface area contributed by atoms with Gasteiger partial charge < -0.3 is 15.6 Å². The predicted octanol–water partition coefficient (Wildman–Crippen LogP) is 1.71. The molecule has 94 valence electrons. The molecule has 0 aliphatic carbocycles. The third-order valence-electron chi connectivity index (χ3n) is 1.92. The number of hydrogen-bond acceptors (Lipinski definition) is 3. The van der Waals surface area contributed by atoms with E-state index in [2.05, 4.69) is 12.2 Å². The Bertz CT molecular complexity index is 421. The second-order valence-corrected chi connectivity index (χ2v) is 3.58. The third kappa shape index (κ3) is 3.57. The minimum Gasteiger partial charge on any atom is -0.490 e. The standard InChI is InChI=1S/C10H10F3NO2S/c11-10(12,13)6-1-2-8(16-4-3-15)7(5-6)9(14)17/h1-2,5,15H,3-4H2,(H2,14,17). The second kappa shape index (κ2) is 5.33. The van der Waals surface area contributed by atoms with Crippen LogP contribution in [0, 0.1) is 0 Å². The maximum absolute atomic E-state index is 12.5. The van der Waals surface area contributed by atoms with Gasteiger partial charge in [-0.05, 0) is 18.2 Å². The van der Waals surface area contributed by atoms with Gasteiger partial charge in [0.1, 0.15) is 17.3 Å². The smallest absolute Gasteiger partial charge is 0.416 e. The Balaban J connectivity index is 3.13. The van der Waals surface area contributed by atoms with Crippen molar-refractivity contribution in [2.24, 2.45) is 5.73 Å². The van der Waals surface area contributed by atoms with Crippen molar-refractivity contribution in [2.75, 3.05) is 13.2 Å². The highest BCUT2D eigenvalue weighted by atomic mass is 32.1. The largest absolute Gasteiger partial charge is 0.490 e. The van der Waals surface area contributed by atoms with Crippen LogP contribution in [-0.4, -0.2) is 23.3 Å². The average Bonchev–Trinajstić information content (AvgIpc) is 2.24. The van der Waals surface area contributed by atoms with Crippen molar-refractivity contribution in [3.8, 4) is 5.75 Å². The number of aliphatic hydroxyl groups is 1. The van der Waals surface area contributed by atoms with Crippen LogP contribution in [0.4, 0.5) is 13.2 Å². The Morgan fingerprint density at radius 3 is 2.53 bits per heavy atom. The van der Waals surface area contributed by atoms with E-state index in [1.54, 1.807) is 0 Å². The zero-order valence-electron chi connectivity index (χ0n) is 8.62.